The summed E-state index contributed by atoms with van der Waals surface area (Å²) in [5.41, 5.74) is 2.30. The molecule has 0 aliphatic carbocycles. The zero-order valence-electron chi connectivity index (χ0n) is 20.6. The topological polar surface area (TPSA) is 76.1 Å². The van der Waals surface area contributed by atoms with Gasteiger partial charge < -0.3 is 19.5 Å². The minimum Gasteiger partial charge on any atom is -0.507 e. The summed E-state index contributed by atoms with van der Waals surface area (Å²) in [5.74, 6) is -0.622. The fourth-order valence-corrected chi connectivity index (χ4v) is 4.79. The molecule has 35 heavy (non-hydrogen) atoms. The van der Waals surface area contributed by atoms with Gasteiger partial charge in [0.1, 0.15) is 11.5 Å². The number of aliphatic hydroxyl groups is 1. The number of amides is 1. The van der Waals surface area contributed by atoms with Gasteiger partial charge in [0.05, 0.1) is 18.7 Å². The maximum atomic E-state index is 13.4. The van der Waals surface area contributed by atoms with Crippen molar-refractivity contribution in [1.82, 2.24) is 4.90 Å². The van der Waals surface area contributed by atoms with Gasteiger partial charge in [-0.15, -0.1) is 0 Å². The Morgan fingerprint density at radius 2 is 1.77 bits per heavy atom. The first kappa shape index (κ1) is 24.5. The van der Waals surface area contributed by atoms with Gasteiger partial charge in [0.15, 0.2) is 0 Å². The Hall–Kier alpha value is -3.64. The van der Waals surface area contributed by atoms with Gasteiger partial charge in [-0.2, -0.15) is 0 Å². The van der Waals surface area contributed by atoms with Crippen LogP contribution in [0, 0.1) is 0 Å². The number of fused-ring (bicyclic) bond motifs is 1. The smallest absolute Gasteiger partial charge is 0.295 e. The molecule has 1 heterocycles. The van der Waals surface area contributed by atoms with Gasteiger partial charge in [0.2, 0.25) is 0 Å². The van der Waals surface area contributed by atoms with Crippen molar-refractivity contribution < 1.29 is 24.2 Å². The van der Waals surface area contributed by atoms with E-state index in [4.69, 9.17) is 9.47 Å². The minimum atomic E-state index is -0.706. The lowest BCUT2D eigenvalue weighted by molar-refractivity contribution is -0.140. The molecular formula is C29H31NO5. The van der Waals surface area contributed by atoms with Crippen molar-refractivity contribution in [3.8, 4) is 5.75 Å². The van der Waals surface area contributed by atoms with Crippen LogP contribution in [0.25, 0.3) is 16.5 Å². The van der Waals surface area contributed by atoms with Crippen molar-refractivity contribution in [2.75, 3.05) is 27.4 Å². The molecule has 1 N–H and O–H groups in total. The second-order valence-corrected chi connectivity index (χ2v) is 9.02. The maximum Gasteiger partial charge on any atom is 0.295 e. The molecule has 6 nitrogen and oxygen atoms in total. The van der Waals surface area contributed by atoms with Crippen molar-refractivity contribution in [3.05, 3.63) is 82.9 Å². The van der Waals surface area contributed by atoms with Crippen LogP contribution in [0.2, 0.25) is 0 Å². The lowest BCUT2D eigenvalue weighted by Gasteiger charge is -2.26. The zero-order chi connectivity index (χ0) is 25.1. The average molecular weight is 474 g/mol. The van der Waals surface area contributed by atoms with Gasteiger partial charge in [-0.25, -0.2) is 0 Å². The summed E-state index contributed by atoms with van der Waals surface area (Å²) in [6, 6.07) is 18.3. The third-order valence-electron chi connectivity index (χ3n) is 6.53. The lowest BCUT2D eigenvalue weighted by atomic mass is 9.90. The average Bonchev–Trinajstić information content (AvgIpc) is 3.12. The van der Waals surface area contributed by atoms with Crippen LogP contribution in [0.15, 0.2) is 66.2 Å². The molecule has 4 rings (SSSR count). The molecule has 1 fully saturated rings. The number of hydrogen-bond donors (Lipinski definition) is 1. The SMILES string of the molecule is COCCCN1C(=O)C(=O)/C(=C(/O)c2ccc(OC)c(C(C)C)c2)C1c1cccc2ccccc12. The molecule has 3 aromatic rings. The summed E-state index contributed by atoms with van der Waals surface area (Å²) in [6.45, 7) is 4.86. The van der Waals surface area contributed by atoms with E-state index in [2.05, 4.69) is 0 Å². The number of hydrogen-bond acceptors (Lipinski definition) is 5. The molecule has 0 bridgehead atoms. The van der Waals surface area contributed by atoms with Crippen molar-refractivity contribution in [1.29, 1.82) is 0 Å². The number of likely N-dealkylation sites (tertiary alicyclic amines) is 1. The highest BCUT2D eigenvalue weighted by atomic mass is 16.5. The number of ether oxygens (including phenoxy) is 2. The standard InChI is InChI=1S/C29H31NO5/c1-18(2)23-17-20(13-14-24(23)35-4)27(31)25-26(30(15-8-16-34-3)29(33)28(25)32)22-12-7-10-19-9-5-6-11-21(19)22/h5-7,9-14,17-18,26,31H,8,15-16H2,1-4H3/b27-25+. The number of ketones is 1. The van der Waals surface area contributed by atoms with E-state index in [1.165, 1.54) is 0 Å². The summed E-state index contributed by atoms with van der Waals surface area (Å²) in [7, 11) is 3.21. The van der Waals surface area contributed by atoms with E-state index in [0.717, 1.165) is 21.9 Å². The van der Waals surface area contributed by atoms with Crippen LogP contribution < -0.4 is 4.74 Å². The van der Waals surface area contributed by atoms with Crippen LogP contribution in [0.1, 0.15) is 48.9 Å². The molecule has 0 saturated carbocycles. The molecule has 1 aliphatic rings. The van der Waals surface area contributed by atoms with Gasteiger partial charge in [-0.05, 0) is 52.4 Å². The van der Waals surface area contributed by atoms with E-state index in [0.29, 0.717) is 30.9 Å². The normalized spacial score (nSPS) is 17.5. The summed E-state index contributed by atoms with van der Waals surface area (Å²) in [4.78, 5) is 28.1. The summed E-state index contributed by atoms with van der Waals surface area (Å²) >= 11 is 0. The Labute approximate surface area is 205 Å². The quantitative estimate of drug-likeness (QED) is 0.204. The summed E-state index contributed by atoms with van der Waals surface area (Å²) in [6.07, 6.45) is 0.574. The maximum absolute atomic E-state index is 13.4. The van der Waals surface area contributed by atoms with Crippen molar-refractivity contribution in [2.24, 2.45) is 0 Å². The first-order valence-electron chi connectivity index (χ1n) is 11.8. The Kier molecular flexibility index (Phi) is 7.22. The molecule has 6 heteroatoms. The molecule has 0 aromatic heterocycles. The fraction of sp³-hybridized carbons (Fsp3) is 0.310. The van der Waals surface area contributed by atoms with Crippen molar-refractivity contribution in [2.45, 2.75) is 32.2 Å². The van der Waals surface area contributed by atoms with Crippen LogP contribution in [-0.4, -0.2) is 49.1 Å². The number of benzene rings is 3. The van der Waals surface area contributed by atoms with E-state index >= 15 is 0 Å². The van der Waals surface area contributed by atoms with E-state index < -0.39 is 17.7 Å². The van der Waals surface area contributed by atoms with E-state index in [1.54, 1.807) is 31.3 Å². The van der Waals surface area contributed by atoms with Gasteiger partial charge in [-0.1, -0.05) is 56.3 Å². The highest BCUT2D eigenvalue weighted by Crippen LogP contribution is 2.42. The Morgan fingerprint density at radius 1 is 1.03 bits per heavy atom. The Morgan fingerprint density at radius 3 is 2.49 bits per heavy atom. The zero-order valence-corrected chi connectivity index (χ0v) is 20.6. The molecule has 1 aliphatic heterocycles. The predicted molar refractivity (Wildman–Crippen MR) is 137 cm³/mol. The fourth-order valence-electron chi connectivity index (χ4n) is 4.79. The highest BCUT2D eigenvalue weighted by molar-refractivity contribution is 6.46. The highest BCUT2D eigenvalue weighted by Gasteiger charge is 2.46. The van der Waals surface area contributed by atoms with Gasteiger partial charge in [0.25, 0.3) is 11.7 Å². The second-order valence-electron chi connectivity index (χ2n) is 9.02. The number of aliphatic hydroxyl groups excluding tert-OH is 1. The molecule has 1 atom stereocenters. The van der Waals surface area contributed by atoms with Gasteiger partial charge in [0, 0.05) is 25.8 Å². The number of Topliss-reactive ketones (excluding diaryl/α,β-unsaturated/α-hetero) is 1. The summed E-state index contributed by atoms with van der Waals surface area (Å²) in [5, 5.41) is 13.4. The van der Waals surface area contributed by atoms with E-state index in [9.17, 15) is 14.7 Å². The van der Waals surface area contributed by atoms with Crippen LogP contribution in [0.5, 0.6) is 5.75 Å². The molecule has 182 valence electrons. The van der Waals surface area contributed by atoms with Crippen LogP contribution in [0.3, 0.4) is 0 Å². The molecule has 0 radical (unpaired) electrons. The number of carbonyl (C=O) groups is 2. The first-order chi connectivity index (χ1) is 16.9. The van der Waals surface area contributed by atoms with Crippen molar-refractivity contribution in [3.63, 3.8) is 0 Å². The lowest BCUT2D eigenvalue weighted by Crippen LogP contribution is -2.31. The minimum absolute atomic E-state index is 0.101. The monoisotopic (exact) mass is 473 g/mol. The largest absolute Gasteiger partial charge is 0.507 e. The van der Waals surface area contributed by atoms with E-state index in [-0.39, 0.29) is 17.3 Å². The Bertz CT molecular complexity index is 1290. The molecule has 1 saturated heterocycles. The molecule has 1 unspecified atom stereocenters. The number of rotatable bonds is 8. The van der Waals surface area contributed by atoms with Crippen LogP contribution in [-0.2, 0) is 14.3 Å². The van der Waals surface area contributed by atoms with Crippen LogP contribution >= 0.6 is 0 Å². The third kappa shape index (κ3) is 4.54. The molecule has 3 aromatic carbocycles. The molecular weight excluding hydrogens is 442 g/mol. The van der Waals surface area contributed by atoms with Gasteiger partial charge in [-0.3, -0.25) is 9.59 Å². The van der Waals surface area contributed by atoms with Gasteiger partial charge >= 0.3 is 0 Å². The van der Waals surface area contributed by atoms with Crippen molar-refractivity contribution >= 4 is 28.2 Å². The summed E-state index contributed by atoms with van der Waals surface area (Å²) < 4.78 is 10.7. The van der Waals surface area contributed by atoms with Crippen LogP contribution in [0.4, 0.5) is 0 Å². The number of nitrogens with zero attached hydrogens (tertiary/aromatic N) is 1. The van der Waals surface area contributed by atoms with E-state index in [1.807, 2.05) is 62.4 Å². The molecule has 1 amide bonds. The predicted octanol–water partition coefficient (Wildman–Crippen LogP) is 5.43. The molecule has 0 spiro atoms. The Balaban J connectivity index is 1.93. The second kappa shape index (κ2) is 10.3. The number of methoxy groups -OCH3 is 2. The number of carbonyl (C=O) groups excluding carboxylic acids is 2. The first-order valence-corrected chi connectivity index (χ1v) is 11.8. The third-order valence-corrected chi connectivity index (χ3v) is 6.53.